The van der Waals surface area contributed by atoms with Gasteiger partial charge in [-0.25, -0.2) is 59.8 Å². The molecule has 0 fully saturated rings. The average Bonchev–Trinajstić information content (AvgIpc) is 3.83. The first-order chi connectivity index (χ1) is 24.4. The van der Waals surface area contributed by atoms with Crippen LogP contribution >= 0.6 is 0 Å². The van der Waals surface area contributed by atoms with E-state index in [-0.39, 0.29) is 45.1 Å². The van der Waals surface area contributed by atoms with Crippen molar-refractivity contribution in [1.82, 2.24) is 79.7 Å². The van der Waals surface area contributed by atoms with Crippen LogP contribution in [-0.2, 0) is 45.1 Å². The number of nitrogens with two attached hydrogens (primary N) is 4. The second kappa shape index (κ2) is 18.0. The molecule has 0 saturated heterocycles. The average molecular weight is 990 g/mol. The molecule has 38 heteroatoms. The number of nitrogens with one attached hydrogen (secondary N) is 4. The molecular formula is C20H26Cu2F12N20O2Si2+2. The Balaban J connectivity index is 0. The van der Waals surface area contributed by atoms with Crippen LogP contribution < -0.4 is 22.9 Å². The fourth-order valence-corrected chi connectivity index (χ4v) is 3.13. The number of nitrogen functional groups attached to an aromatic ring is 4. The number of imidazole rings is 4. The van der Waals surface area contributed by atoms with Crippen LogP contribution in [0.25, 0.3) is 44.7 Å². The molecule has 0 spiro atoms. The molecule has 58 heavy (non-hydrogen) atoms. The summed E-state index contributed by atoms with van der Waals surface area (Å²) in [6.45, 7) is 0. The van der Waals surface area contributed by atoms with Crippen LogP contribution in [0.3, 0.4) is 0 Å². The van der Waals surface area contributed by atoms with E-state index >= 15 is 0 Å². The van der Waals surface area contributed by atoms with E-state index in [1.807, 2.05) is 0 Å². The number of aromatic nitrogens is 16. The van der Waals surface area contributed by atoms with Crippen LogP contribution in [0.4, 0.5) is 72.6 Å². The molecule has 0 saturated carbocycles. The Morgan fingerprint density at radius 1 is 0.328 bits per heavy atom. The summed E-state index contributed by atoms with van der Waals surface area (Å²) < 4.78 is 119. The molecule has 18 N–H and O–H groups in total. The summed E-state index contributed by atoms with van der Waals surface area (Å²) >= 11 is 0. The maximum Gasteiger partial charge on any atom is 2.00 e. The fraction of sp³-hybridized carbons (Fsp3) is 0. The second-order valence-corrected chi connectivity index (χ2v) is 13.9. The second-order valence-electron chi connectivity index (χ2n) is 9.58. The third-order valence-corrected chi connectivity index (χ3v) is 5.01. The molecule has 8 aromatic rings. The van der Waals surface area contributed by atoms with Crippen LogP contribution in [-0.4, -0.2) is 97.0 Å². The third-order valence-electron chi connectivity index (χ3n) is 5.01. The topological polar surface area (TPSA) is 388 Å². The van der Waals surface area contributed by atoms with Crippen molar-refractivity contribution in [1.29, 1.82) is 0 Å². The molecule has 8 heterocycles. The van der Waals surface area contributed by atoms with E-state index in [0.29, 0.717) is 67.9 Å². The number of aromatic amines is 4. The molecule has 8 rings (SSSR count). The van der Waals surface area contributed by atoms with Crippen molar-refractivity contribution >= 4 is 85.2 Å². The molecule has 0 atom stereocenters. The van der Waals surface area contributed by atoms with E-state index in [2.05, 4.69) is 79.7 Å². The third kappa shape index (κ3) is 21.9. The van der Waals surface area contributed by atoms with Gasteiger partial charge in [0.25, 0.3) is 0 Å². The van der Waals surface area contributed by atoms with Gasteiger partial charge in [-0.1, -0.05) is 0 Å². The van der Waals surface area contributed by atoms with Gasteiger partial charge in [0.05, 0.1) is 25.3 Å². The van der Waals surface area contributed by atoms with Crippen molar-refractivity contribution in [2.24, 2.45) is 0 Å². The minimum absolute atomic E-state index is 0. The maximum absolute atomic E-state index is 10.8. The van der Waals surface area contributed by atoms with Crippen LogP contribution in [0, 0.1) is 0 Å². The monoisotopic (exact) mass is 988 g/mol. The van der Waals surface area contributed by atoms with Gasteiger partial charge in [0.15, 0.2) is 45.9 Å². The fourth-order valence-electron chi connectivity index (χ4n) is 3.13. The molecule has 8 aromatic heterocycles. The SMILES string of the molecule is F[Si-2](F)(F)(F)(F)F.F[Si-2](F)(F)(F)(F)F.Nc1ncnc2nc[nH]c12.Nc1ncnc2nc[nH]c12.Nc1ncnc2nc[nH]c12.Nc1ncnc2nc[nH]c12.[Cu+2].[Cu+2].[OH3+].[OH3+]. The predicted molar refractivity (Wildman–Crippen MR) is 179 cm³/mol. The first-order valence-electron chi connectivity index (χ1n) is 13.4. The van der Waals surface area contributed by atoms with E-state index in [9.17, 15) is 49.3 Å². The van der Waals surface area contributed by atoms with Crippen LogP contribution in [0.15, 0.2) is 50.6 Å². The molecule has 330 valence electrons. The molecule has 0 aliphatic carbocycles. The van der Waals surface area contributed by atoms with E-state index in [1.54, 1.807) is 0 Å². The summed E-state index contributed by atoms with van der Waals surface area (Å²) in [6, 6.07) is 0. The molecule has 0 unspecified atom stereocenters. The molecule has 22 nitrogen and oxygen atoms in total. The molecule has 0 aliphatic rings. The number of anilines is 4. The van der Waals surface area contributed by atoms with Crippen molar-refractivity contribution in [2.45, 2.75) is 0 Å². The normalized spacial score (nSPS) is 12.8. The number of halogens is 12. The van der Waals surface area contributed by atoms with Crippen molar-refractivity contribution in [3.8, 4) is 0 Å². The van der Waals surface area contributed by atoms with Crippen molar-refractivity contribution < 1.29 is 94.4 Å². The first-order valence-corrected chi connectivity index (χ1v) is 17.9. The summed E-state index contributed by atoms with van der Waals surface area (Å²) in [7, 11) is -21.7. The smallest absolute Gasteiger partial charge is 0.457 e. The first kappa shape index (κ1) is 54.1. The van der Waals surface area contributed by atoms with Crippen molar-refractivity contribution in [3.05, 3.63) is 50.6 Å². The minimum Gasteiger partial charge on any atom is -0.457 e. The zero-order chi connectivity index (χ0) is 40.7. The van der Waals surface area contributed by atoms with Crippen molar-refractivity contribution in [2.75, 3.05) is 22.9 Å². The number of H-pyrrole nitrogens is 4. The van der Waals surface area contributed by atoms with Crippen LogP contribution in [0.2, 0.25) is 0 Å². The molecule has 0 aromatic carbocycles. The Hall–Kier alpha value is -6.05. The quantitative estimate of drug-likeness (QED) is 0.0467. The predicted octanol–water partition coefficient (Wildman–Crippen LogP) is 2.17. The zero-order valence-electron chi connectivity index (χ0n) is 27.6. The zero-order valence-corrected chi connectivity index (χ0v) is 31.5. The summed E-state index contributed by atoms with van der Waals surface area (Å²) in [5.41, 5.74) is 27.1. The summed E-state index contributed by atoms with van der Waals surface area (Å²) in [6.07, 6.45) is 11.7. The van der Waals surface area contributed by atoms with Gasteiger partial charge in [-0.05, 0) is 0 Å². The Morgan fingerprint density at radius 3 is 0.621 bits per heavy atom. The van der Waals surface area contributed by atoms with Gasteiger partial charge in [0.1, 0.15) is 47.4 Å². The van der Waals surface area contributed by atoms with Gasteiger partial charge in [0.2, 0.25) is 0 Å². The van der Waals surface area contributed by atoms with Crippen LogP contribution in [0.5, 0.6) is 0 Å². The Labute approximate surface area is 332 Å². The number of hydrogen-bond acceptors (Lipinski definition) is 16. The molecule has 2 radical (unpaired) electrons. The summed E-state index contributed by atoms with van der Waals surface area (Å²) in [4.78, 5) is 57.5. The standard InChI is InChI=1S/4C5H5N5.2Cu.2F6Si.2H2O/c4*6-4-3-5(9-1-7-3)10-2-8-4;;;2*1-7(2,3,4,5)6;;/h4*1-2H,(H3,6,7,8,9,10);;;;;2*1H2/q;;;;2*+2;2*-2;;/p+2. The number of fused-ring (bicyclic) bond motifs is 4. The van der Waals surface area contributed by atoms with Gasteiger partial charge in [0, 0.05) is 0 Å². The Morgan fingerprint density at radius 2 is 0.483 bits per heavy atom. The molecule has 0 bridgehead atoms. The number of rotatable bonds is 0. The molecule has 0 aliphatic heterocycles. The summed E-state index contributed by atoms with van der Waals surface area (Å²) in [5, 5.41) is 0. The minimum atomic E-state index is -10.8. The Kier molecular flexibility index (Phi) is 16.8. The van der Waals surface area contributed by atoms with Crippen LogP contribution in [0.1, 0.15) is 0 Å². The van der Waals surface area contributed by atoms with Gasteiger partial charge >= 0.3 is 101 Å². The number of hydrogen-bond donors (Lipinski definition) is 8. The van der Waals surface area contributed by atoms with E-state index in [0.717, 1.165) is 0 Å². The largest absolute Gasteiger partial charge is 2.00 e. The van der Waals surface area contributed by atoms with E-state index in [1.165, 1.54) is 50.6 Å². The molecule has 0 amide bonds. The summed E-state index contributed by atoms with van der Waals surface area (Å²) in [5.74, 6) is 1.73. The van der Waals surface area contributed by atoms with Crippen molar-refractivity contribution in [3.63, 3.8) is 0 Å². The van der Waals surface area contributed by atoms with Gasteiger partial charge in [-0.2, -0.15) is 0 Å². The van der Waals surface area contributed by atoms with Gasteiger partial charge in [-0.3, -0.25) is 0 Å². The van der Waals surface area contributed by atoms with Gasteiger partial charge < -0.3 is 53.8 Å². The van der Waals surface area contributed by atoms with E-state index in [4.69, 9.17) is 22.9 Å². The van der Waals surface area contributed by atoms with E-state index < -0.39 is 17.3 Å². The number of nitrogens with zero attached hydrogens (tertiary/aromatic N) is 12. The Bertz CT molecular complexity index is 2150. The maximum atomic E-state index is 9.88. The molecular weight excluding hydrogens is 964 g/mol. The van der Waals surface area contributed by atoms with Gasteiger partial charge in [-0.15, -0.1) is 0 Å².